The van der Waals surface area contributed by atoms with Gasteiger partial charge in [0.1, 0.15) is 39.2 Å². The molecule has 0 spiro atoms. The minimum Gasteiger partial charge on any atom is -0.369 e. The Morgan fingerprint density at radius 3 is 1.94 bits per heavy atom. The van der Waals surface area contributed by atoms with Gasteiger partial charge in [0.2, 0.25) is 5.95 Å². The van der Waals surface area contributed by atoms with Gasteiger partial charge in [-0.1, -0.05) is 10.9 Å². The second-order valence-corrected chi connectivity index (χ2v) is 8.31. The van der Waals surface area contributed by atoms with Crippen molar-refractivity contribution in [2.24, 2.45) is 0 Å². The van der Waals surface area contributed by atoms with Gasteiger partial charge in [-0.05, 0) is 37.1 Å². The first-order valence-electron chi connectivity index (χ1n) is 10.5. The molecule has 7 nitrogen and oxygen atoms in total. The van der Waals surface area contributed by atoms with E-state index in [1.165, 1.54) is 0 Å². The van der Waals surface area contributed by atoms with E-state index < -0.39 is 24.8 Å². The molecule has 0 atom stereocenters. The predicted octanol–water partition coefficient (Wildman–Crippen LogP) is -2.26. The number of nitrogens with two attached hydrogens (primary N) is 1. The molecule has 3 aromatic heterocycles. The number of alkyl halides is 3. The maximum absolute atomic E-state index is 13.0. The van der Waals surface area contributed by atoms with Gasteiger partial charge in [0.25, 0.3) is 0 Å². The van der Waals surface area contributed by atoms with Gasteiger partial charge in [0, 0.05) is 11.4 Å². The van der Waals surface area contributed by atoms with E-state index in [0.29, 0.717) is 21.6 Å². The van der Waals surface area contributed by atoms with Crippen LogP contribution in [0.2, 0.25) is 0 Å². The summed E-state index contributed by atoms with van der Waals surface area (Å²) in [4.78, 5) is 21.7. The number of fused-ring (bicyclic) bond motifs is 1. The Morgan fingerprint density at radius 2 is 1.42 bits per heavy atom. The van der Waals surface area contributed by atoms with Crippen molar-refractivity contribution in [2.45, 2.75) is 33.0 Å². The molecule has 15 heteroatoms. The Kier molecular flexibility index (Phi) is 6.39. The van der Waals surface area contributed by atoms with Crippen LogP contribution in [-0.4, -0.2) is 69.6 Å². The average molecular weight is 477 g/mol. The molecule has 0 amide bonds. The summed E-state index contributed by atoms with van der Waals surface area (Å²) in [5.74, 6) is -0.359. The molecular weight excluding hydrogens is 463 g/mol. The summed E-state index contributed by atoms with van der Waals surface area (Å²) in [5.41, 5.74) is 7.01. The molecule has 0 saturated carbocycles. The minimum atomic E-state index is -4.51. The van der Waals surface area contributed by atoms with Gasteiger partial charge in [0.05, 0.1) is 24.2 Å². The Bertz CT molecular complexity index is 1550. The van der Waals surface area contributed by atoms with Crippen molar-refractivity contribution < 1.29 is 13.2 Å². The zero-order chi connectivity index (χ0) is 26.7. The summed E-state index contributed by atoms with van der Waals surface area (Å²) in [6.07, 6.45) is -5.78. The van der Waals surface area contributed by atoms with Crippen molar-refractivity contribution in [2.75, 3.05) is 5.73 Å². The maximum Gasteiger partial charge on any atom is 0.390 e. The number of pyridine rings is 1. The van der Waals surface area contributed by atoms with Crippen molar-refractivity contribution in [1.29, 1.82) is 0 Å². The van der Waals surface area contributed by atoms with Crippen LogP contribution in [0.25, 0.3) is 28.0 Å². The number of halogens is 3. The molecule has 0 bridgehead atoms. The van der Waals surface area contributed by atoms with Crippen molar-refractivity contribution >= 4 is 78.1 Å². The molecule has 4 aromatic rings. The van der Waals surface area contributed by atoms with Gasteiger partial charge in [-0.15, -0.1) is 21.5 Å². The van der Waals surface area contributed by atoms with E-state index in [4.69, 9.17) is 45.0 Å². The van der Waals surface area contributed by atoms with Crippen LogP contribution in [0.5, 0.6) is 0 Å². The van der Waals surface area contributed by atoms with Crippen LogP contribution in [-0.2, 0) is 6.54 Å². The highest BCUT2D eigenvalue weighted by molar-refractivity contribution is 6.68. The lowest BCUT2D eigenvalue weighted by Gasteiger charge is -2.23. The first-order chi connectivity index (χ1) is 16.7. The first kappa shape index (κ1) is 25.7. The molecule has 1 aromatic carbocycles. The SMILES string of the molecule is [B]c1c([B])c([B])c(-c2nc(N)n3c(=O)n(CCC(F)(F)F)nc3c2-c2cc(C)nc(C)c2)c([B])c1[B]. The molecule has 2 N–H and O–H groups in total. The molecule has 10 radical (unpaired) electrons. The highest BCUT2D eigenvalue weighted by Gasteiger charge is 2.29. The number of benzene rings is 1. The fourth-order valence-electron chi connectivity index (χ4n) is 4.01. The average Bonchev–Trinajstić information content (AvgIpc) is 3.10. The van der Waals surface area contributed by atoms with Gasteiger partial charge in [-0.2, -0.15) is 13.2 Å². The molecule has 0 unspecified atom stereocenters. The fraction of sp³-hybridized carbons (Fsp3) is 0.238. The van der Waals surface area contributed by atoms with E-state index in [1.807, 2.05) is 0 Å². The van der Waals surface area contributed by atoms with E-state index >= 15 is 0 Å². The molecule has 0 fully saturated rings. The number of aryl methyl sites for hydroxylation is 3. The topological polar surface area (TPSA) is 91.1 Å². The summed E-state index contributed by atoms with van der Waals surface area (Å²) >= 11 is 0. The number of rotatable bonds is 4. The molecule has 0 saturated heterocycles. The number of hydrogen-bond donors (Lipinski definition) is 1. The predicted molar refractivity (Wildman–Crippen MR) is 137 cm³/mol. The third kappa shape index (κ3) is 4.35. The van der Waals surface area contributed by atoms with Crippen LogP contribution in [0.3, 0.4) is 0 Å². The fourth-order valence-corrected chi connectivity index (χ4v) is 4.01. The Hall–Kier alpha value is -3.37. The van der Waals surface area contributed by atoms with Crippen molar-refractivity contribution in [3.05, 3.63) is 34.0 Å². The lowest BCUT2D eigenvalue weighted by Crippen LogP contribution is -2.55. The van der Waals surface area contributed by atoms with Crippen LogP contribution >= 0.6 is 0 Å². The van der Waals surface area contributed by atoms with Gasteiger partial charge in [-0.3, -0.25) is 4.98 Å². The summed E-state index contributed by atoms with van der Waals surface area (Å²) in [6, 6.07) is 3.36. The van der Waals surface area contributed by atoms with Crippen LogP contribution in [0, 0.1) is 13.8 Å². The number of aromatic nitrogens is 5. The highest BCUT2D eigenvalue weighted by Crippen LogP contribution is 2.33. The quantitative estimate of drug-likeness (QED) is 0.335. The third-order valence-corrected chi connectivity index (χ3v) is 5.67. The highest BCUT2D eigenvalue weighted by atomic mass is 19.4. The van der Waals surface area contributed by atoms with E-state index in [-0.39, 0.29) is 55.7 Å². The summed E-state index contributed by atoms with van der Waals surface area (Å²) < 4.78 is 40.2. The van der Waals surface area contributed by atoms with Gasteiger partial charge >= 0.3 is 11.9 Å². The zero-order valence-corrected chi connectivity index (χ0v) is 19.3. The molecule has 36 heavy (non-hydrogen) atoms. The molecule has 170 valence electrons. The standard InChI is InChI=1S/C21H14B5F3N6O/c1-7-5-9(6-8(2)31-7)10-17(11-12(22)14(24)16(26)15(25)13(11)23)32-19(30)35-18(10)33-34(20(35)36)4-3-21(27,28)29/h5-6H,3-4H2,1-2H3,(H2,30,32). The summed E-state index contributed by atoms with van der Waals surface area (Å²) in [5, 5.41) is 4.18. The van der Waals surface area contributed by atoms with E-state index in [0.717, 1.165) is 4.40 Å². The first-order valence-corrected chi connectivity index (χ1v) is 10.5. The van der Waals surface area contributed by atoms with Crippen LogP contribution in [0.4, 0.5) is 19.1 Å². The molecule has 4 rings (SSSR count). The Balaban J connectivity index is 2.16. The van der Waals surface area contributed by atoms with E-state index in [1.54, 1.807) is 26.0 Å². The van der Waals surface area contributed by atoms with Crippen LogP contribution in [0.15, 0.2) is 16.9 Å². The number of nitrogen functional groups attached to an aromatic ring is 1. The second-order valence-electron chi connectivity index (χ2n) is 8.31. The van der Waals surface area contributed by atoms with E-state index in [2.05, 4.69) is 15.1 Å². The summed E-state index contributed by atoms with van der Waals surface area (Å²) in [7, 11) is 30.5. The molecule has 0 aliphatic carbocycles. The van der Waals surface area contributed by atoms with Crippen molar-refractivity contribution in [3.8, 4) is 22.4 Å². The van der Waals surface area contributed by atoms with E-state index in [9.17, 15) is 18.0 Å². The number of hydrogen-bond acceptors (Lipinski definition) is 5. The normalized spacial score (nSPS) is 11.9. The number of nitrogens with zero attached hydrogens (tertiary/aromatic N) is 5. The van der Waals surface area contributed by atoms with Crippen LogP contribution < -0.4 is 38.7 Å². The smallest absolute Gasteiger partial charge is 0.369 e. The van der Waals surface area contributed by atoms with Gasteiger partial charge in [0.15, 0.2) is 5.65 Å². The number of anilines is 1. The van der Waals surface area contributed by atoms with Crippen LogP contribution in [0.1, 0.15) is 17.8 Å². The second kappa shape index (κ2) is 8.94. The Morgan fingerprint density at radius 1 is 0.889 bits per heavy atom. The van der Waals surface area contributed by atoms with Crippen molar-refractivity contribution in [1.82, 2.24) is 24.1 Å². The maximum atomic E-state index is 13.0. The molecular formula is C21H14B5F3N6O. The molecule has 3 heterocycles. The summed E-state index contributed by atoms with van der Waals surface area (Å²) in [6.45, 7) is 2.76. The van der Waals surface area contributed by atoms with Gasteiger partial charge in [-0.25, -0.2) is 18.9 Å². The molecule has 0 aliphatic rings. The lowest BCUT2D eigenvalue weighted by atomic mass is 9.60. The van der Waals surface area contributed by atoms with Crippen molar-refractivity contribution in [3.63, 3.8) is 0 Å². The third-order valence-electron chi connectivity index (χ3n) is 5.67. The monoisotopic (exact) mass is 478 g/mol. The largest absolute Gasteiger partial charge is 0.390 e. The van der Waals surface area contributed by atoms with Gasteiger partial charge < -0.3 is 5.73 Å². The Labute approximate surface area is 210 Å². The zero-order valence-electron chi connectivity index (χ0n) is 19.3. The lowest BCUT2D eigenvalue weighted by molar-refractivity contribution is -0.137. The minimum absolute atomic E-state index is 0.0207. The molecule has 0 aliphatic heterocycles.